The van der Waals surface area contributed by atoms with E-state index in [1.54, 1.807) is 6.07 Å². The van der Waals surface area contributed by atoms with Gasteiger partial charge in [-0.1, -0.05) is 17.7 Å². The Labute approximate surface area is 110 Å². The van der Waals surface area contributed by atoms with Crippen LogP contribution in [0.5, 0.6) is 0 Å². The average molecular weight is 249 g/mol. The Balaban J connectivity index is 2.43. The maximum absolute atomic E-state index is 11.8. The van der Waals surface area contributed by atoms with Crippen LogP contribution in [0, 0.1) is 6.92 Å². The van der Waals surface area contributed by atoms with Crippen molar-refractivity contribution in [3.05, 3.63) is 35.4 Å². The molecule has 0 bridgehead atoms. The highest BCUT2D eigenvalue weighted by atomic mass is 16.5. The van der Waals surface area contributed by atoms with Gasteiger partial charge in [0, 0.05) is 12.1 Å². The number of likely N-dealkylation sites (N-methyl/N-ethyl adjacent to an activating group) is 1. The summed E-state index contributed by atoms with van der Waals surface area (Å²) in [5, 5.41) is 0. The molecule has 1 aromatic rings. The Morgan fingerprint density at radius 1 is 1.33 bits per heavy atom. The van der Waals surface area contributed by atoms with E-state index >= 15 is 0 Å². The Kier molecular flexibility index (Phi) is 4.91. The van der Waals surface area contributed by atoms with Crippen LogP contribution in [0.3, 0.4) is 0 Å². The number of rotatable bonds is 4. The lowest BCUT2D eigenvalue weighted by Crippen LogP contribution is -2.40. The Morgan fingerprint density at radius 3 is 2.56 bits per heavy atom. The zero-order valence-corrected chi connectivity index (χ0v) is 12.0. The van der Waals surface area contributed by atoms with Gasteiger partial charge in [-0.15, -0.1) is 0 Å². The lowest BCUT2D eigenvalue weighted by Gasteiger charge is -2.31. The molecular weight excluding hydrogens is 226 g/mol. The molecule has 0 fully saturated rings. The van der Waals surface area contributed by atoms with Gasteiger partial charge in [-0.05, 0) is 46.9 Å². The minimum Gasteiger partial charge on any atom is -0.461 e. The third-order valence-corrected chi connectivity index (χ3v) is 3.06. The lowest BCUT2D eigenvalue weighted by atomic mass is 10.1. The van der Waals surface area contributed by atoms with E-state index in [9.17, 15) is 4.79 Å². The molecule has 0 aromatic heterocycles. The molecule has 1 rings (SSSR count). The van der Waals surface area contributed by atoms with Gasteiger partial charge in [0.15, 0.2) is 0 Å². The Bertz CT molecular complexity index is 407. The van der Waals surface area contributed by atoms with Crippen LogP contribution in [0.15, 0.2) is 24.3 Å². The summed E-state index contributed by atoms with van der Waals surface area (Å²) in [5.41, 5.74) is 1.78. The molecule has 0 N–H and O–H groups in total. The van der Waals surface area contributed by atoms with Crippen molar-refractivity contribution in [1.29, 1.82) is 0 Å². The van der Waals surface area contributed by atoms with Crippen molar-refractivity contribution in [3.8, 4) is 0 Å². The number of hydrogen-bond donors (Lipinski definition) is 0. The highest BCUT2D eigenvalue weighted by Crippen LogP contribution is 2.10. The van der Waals surface area contributed by atoms with Crippen LogP contribution in [-0.4, -0.2) is 36.6 Å². The summed E-state index contributed by atoms with van der Waals surface area (Å²) in [6.45, 7) is 9.52. The fourth-order valence-electron chi connectivity index (χ4n) is 1.47. The first-order valence-corrected chi connectivity index (χ1v) is 6.26. The van der Waals surface area contributed by atoms with Gasteiger partial charge in [0.05, 0.1) is 5.56 Å². The molecule has 0 aliphatic carbocycles. The summed E-state index contributed by atoms with van der Waals surface area (Å²) < 4.78 is 5.27. The number of aryl methyl sites for hydroxylation is 1. The summed E-state index contributed by atoms with van der Waals surface area (Å²) >= 11 is 0. The molecule has 0 saturated carbocycles. The van der Waals surface area contributed by atoms with Crippen LogP contribution in [0.4, 0.5) is 0 Å². The zero-order valence-electron chi connectivity index (χ0n) is 12.0. The first kappa shape index (κ1) is 14.7. The van der Waals surface area contributed by atoms with E-state index in [1.165, 1.54) is 0 Å². The van der Waals surface area contributed by atoms with Gasteiger partial charge in [-0.3, -0.25) is 4.90 Å². The number of esters is 1. The van der Waals surface area contributed by atoms with E-state index in [4.69, 9.17) is 4.74 Å². The molecule has 0 heterocycles. The summed E-state index contributed by atoms with van der Waals surface area (Å²) in [6.07, 6.45) is 0. The highest BCUT2D eigenvalue weighted by molar-refractivity contribution is 5.89. The van der Waals surface area contributed by atoms with Crippen LogP contribution >= 0.6 is 0 Å². The highest BCUT2D eigenvalue weighted by Gasteiger charge is 2.17. The largest absolute Gasteiger partial charge is 0.461 e. The molecule has 100 valence electrons. The van der Waals surface area contributed by atoms with Crippen LogP contribution in [0.2, 0.25) is 0 Å². The molecule has 18 heavy (non-hydrogen) atoms. The predicted molar refractivity (Wildman–Crippen MR) is 73.8 cm³/mol. The predicted octanol–water partition coefficient (Wildman–Crippen LogP) is 2.88. The van der Waals surface area contributed by atoms with Crippen molar-refractivity contribution < 1.29 is 9.53 Å². The van der Waals surface area contributed by atoms with E-state index in [-0.39, 0.29) is 11.5 Å². The number of ether oxygens (including phenoxy) is 1. The quantitative estimate of drug-likeness (QED) is 0.768. The monoisotopic (exact) mass is 249 g/mol. The van der Waals surface area contributed by atoms with E-state index in [1.807, 2.05) is 32.2 Å². The van der Waals surface area contributed by atoms with E-state index in [2.05, 4.69) is 25.7 Å². The zero-order chi connectivity index (χ0) is 13.8. The second-order valence-corrected chi connectivity index (χ2v) is 5.60. The van der Waals surface area contributed by atoms with Gasteiger partial charge in [0.25, 0.3) is 0 Å². The van der Waals surface area contributed by atoms with Crippen molar-refractivity contribution in [2.45, 2.75) is 33.2 Å². The second-order valence-electron chi connectivity index (χ2n) is 5.60. The first-order valence-electron chi connectivity index (χ1n) is 6.26. The molecule has 3 heteroatoms. The minimum absolute atomic E-state index is 0.0930. The summed E-state index contributed by atoms with van der Waals surface area (Å²) in [7, 11) is 2.03. The topological polar surface area (TPSA) is 29.5 Å². The number of carbonyl (C=O) groups is 1. The normalized spacial score (nSPS) is 11.7. The van der Waals surface area contributed by atoms with Gasteiger partial charge < -0.3 is 4.74 Å². The number of hydrogen-bond acceptors (Lipinski definition) is 3. The summed E-state index contributed by atoms with van der Waals surface area (Å²) in [6, 6.07) is 7.45. The van der Waals surface area contributed by atoms with Gasteiger partial charge in [-0.2, -0.15) is 0 Å². The summed E-state index contributed by atoms with van der Waals surface area (Å²) in [5.74, 6) is -0.249. The van der Waals surface area contributed by atoms with Gasteiger partial charge in [-0.25, -0.2) is 4.79 Å². The molecule has 0 atom stereocenters. The van der Waals surface area contributed by atoms with Crippen LogP contribution in [0.25, 0.3) is 0 Å². The Hall–Kier alpha value is -1.35. The molecule has 0 amide bonds. The fourth-order valence-corrected chi connectivity index (χ4v) is 1.47. The number of nitrogens with zero attached hydrogens (tertiary/aromatic N) is 1. The molecule has 0 aliphatic rings. The van der Waals surface area contributed by atoms with Crippen molar-refractivity contribution in [1.82, 2.24) is 4.90 Å². The van der Waals surface area contributed by atoms with Gasteiger partial charge in [0.2, 0.25) is 0 Å². The molecule has 1 aromatic carbocycles. The van der Waals surface area contributed by atoms with Crippen LogP contribution in [-0.2, 0) is 4.74 Å². The lowest BCUT2D eigenvalue weighted by molar-refractivity contribution is 0.0423. The number of benzene rings is 1. The van der Waals surface area contributed by atoms with Crippen molar-refractivity contribution in [2.75, 3.05) is 20.2 Å². The minimum atomic E-state index is -0.249. The molecule has 0 radical (unpaired) electrons. The molecule has 0 aliphatic heterocycles. The number of carbonyl (C=O) groups excluding carboxylic acids is 1. The third kappa shape index (κ3) is 4.49. The van der Waals surface area contributed by atoms with Gasteiger partial charge in [0.1, 0.15) is 6.61 Å². The summed E-state index contributed by atoms with van der Waals surface area (Å²) in [4.78, 5) is 14.0. The third-order valence-electron chi connectivity index (χ3n) is 3.06. The molecule has 0 unspecified atom stereocenters. The van der Waals surface area contributed by atoms with Crippen molar-refractivity contribution in [2.24, 2.45) is 0 Å². The average Bonchev–Trinajstić information content (AvgIpc) is 2.27. The second kappa shape index (κ2) is 6.01. The molecule has 0 saturated heterocycles. The van der Waals surface area contributed by atoms with Crippen molar-refractivity contribution >= 4 is 5.97 Å². The SMILES string of the molecule is Cc1cccc(C(=O)OCCN(C)C(C)(C)C)c1. The standard InChI is InChI=1S/C15H23NO2/c1-12-7-6-8-13(11-12)14(17)18-10-9-16(5)15(2,3)4/h6-8,11H,9-10H2,1-5H3. The Morgan fingerprint density at radius 2 is 2.00 bits per heavy atom. The van der Waals surface area contributed by atoms with E-state index in [0.717, 1.165) is 12.1 Å². The van der Waals surface area contributed by atoms with Crippen molar-refractivity contribution in [3.63, 3.8) is 0 Å². The fraction of sp³-hybridized carbons (Fsp3) is 0.533. The maximum Gasteiger partial charge on any atom is 0.338 e. The van der Waals surface area contributed by atoms with Crippen LogP contribution < -0.4 is 0 Å². The van der Waals surface area contributed by atoms with E-state index < -0.39 is 0 Å². The van der Waals surface area contributed by atoms with Gasteiger partial charge >= 0.3 is 5.97 Å². The van der Waals surface area contributed by atoms with E-state index in [0.29, 0.717) is 12.2 Å². The van der Waals surface area contributed by atoms with Crippen LogP contribution in [0.1, 0.15) is 36.7 Å². The first-order chi connectivity index (χ1) is 8.30. The molecular formula is C15H23NO2. The molecule has 0 spiro atoms. The smallest absolute Gasteiger partial charge is 0.338 e. The maximum atomic E-state index is 11.8. The molecule has 3 nitrogen and oxygen atoms in total.